The normalized spacial score (nSPS) is 12.0. The summed E-state index contributed by atoms with van der Waals surface area (Å²) in [7, 11) is 0. The van der Waals surface area contributed by atoms with Crippen LogP contribution < -0.4 is 4.74 Å². The van der Waals surface area contributed by atoms with Crippen LogP contribution in [0.15, 0.2) is 55.0 Å². The number of rotatable bonds is 17. The van der Waals surface area contributed by atoms with E-state index in [-0.39, 0.29) is 6.61 Å². The summed E-state index contributed by atoms with van der Waals surface area (Å²) in [5, 5.41) is 9.98. The van der Waals surface area contributed by atoms with E-state index < -0.39 is 12.7 Å². The summed E-state index contributed by atoms with van der Waals surface area (Å²) in [6.45, 7) is 2.53. The highest BCUT2D eigenvalue weighted by molar-refractivity contribution is 6.08. The highest BCUT2D eigenvalue weighted by Gasteiger charge is 2.29. The SMILES string of the molecule is OCCOCCOCCOCCOCCOc1ccc(-c2ccc3c4cnccc4n(CC(F)(F)F)c3c2)cn1. The van der Waals surface area contributed by atoms with Crippen molar-refractivity contribution in [3.8, 4) is 17.0 Å². The smallest absolute Gasteiger partial charge is 0.406 e. The number of aromatic nitrogens is 3. The van der Waals surface area contributed by atoms with E-state index >= 15 is 0 Å². The van der Waals surface area contributed by atoms with Gasteiger partial charge in [0.15, 0.2) is 0 Å². The lowest BCUT2D eigenvalue weighted by atomic mass is 10.1. The Labute approximate surface area is 229 Å². The van der Waals surface area contributed by atoms with Gasteiger partial charge in [0.1, 0.15) is 13.2 Å². The van der Waals surface area contributed by atoms with E-state index in [4.69, 9.17) is 28.8 Å². The summed E-state index contributed by atoms with van der Waals surface area (Å²) < 4.78 is 68.2. The summed E-state index contributed by atoms with van der Waals surface area (Å²) in [4.78, 5) is 8.41. The zero-order valence-electron chi connectivity index (χ0n) is 21.9. The van der Waals surface area contributed by atoms with Crippen molar-refractivity contribution >= 4 is 21.8 Å². The molecule has 216 valence electrons. The number of hydrogen-bond donors (Lipinski definition) is 1. The van der Waals surface area contributed by atoms with E-state index in [1.807, 2.05) is 18.2 Å². The maximum atomic E-state index is 13.3. The average Bonchev–Trinajstić information content (AvgIpc) is 3.25. The Morgan fingerprint density at radius 1 is 0.700 bits per heavy atom. The van der Waals surface area contributed by atoms with Gasteiger partial charge in [0.05, 0.1) is 70.5 Å². The molecule has 9 nitrogen and oxygen atoms in total. The Kier molecular flexibility index (Phi) is 11.1. The van der Waals surface area contributed by atoms with E-state index in [9.17, 15) is 13.2 Å². The first-order valence-electron chi connectivity index (χ1n) is 12.9. The van der Waals surface area contributed by atoms with Gasteiger partial charge in [-0.3, -0.25) is 4.98 Å². The van der Waals surface area contributed by atoms with Gasteiger partial charge < -0.3 is 33.4 Å². The molecule has 0 bridgehead atoms. The standard InChI is InChI=1S/C28H32F3N3O6/c29-28(30,31)20-34-25-5-6-32-19-24(25)23-3-1-21(17-26(23)34)22-2-4-27(33-18-22)40-16-15-39-14-13-38-12-11-37-10-9-36-8-7-35/h1-6,17-19,35H,7-16,20H2. The minimum atomic E-state index is -4.36. The zero-order valence-corrected chi connectivity index (χ0v) is 21.9. The molecule has 1 N–H and O–H groups in total. The van der Waals surface area contributed by atoms with Gasteiger partial charge in [-0.05, 0) is 23.8 Å². The number of ether oxygens (including phenoxy) is 5. The van der Waals surface area contributed by atoms with Crippen LogP contribution in [0.4, 0.5) is 13.2 Å². The highest BCUT2D eigenvalue weighted by atomic mass is 19.4. The van der Waals surface area contributed by atoms with Gasteiger partial charge in [-0.2, -0.15) is 13.2 Å². The zero-order chi connectivity index (χ0) is 28.2. The molecular formula is C28H32F3N3O6. The number of fused-ring (bicyclic) bond motifs is 3. The van der Waals surface area contributed by atoms with Gasteiger partial charge in [-0.1, -0.05) is 12.1 Å². The molecule has 0 aliphatic heterocycles. The van der Waals surface area contributed by atoms with Crippen molar-refractivity contribution in [1.82, 2.24) is 14.5 Å². The maximum absolute atomic E-state index is 13.3. The molecule has 0 saturated carbocycles. The number of nitrogens with zero attached hydrogens (tertiary/aromatic N) is 3. The molecule has 0 aliphatic carbocycles. The average molecular weight is 564 g/mol. The van der Waals surface area contributed by atoms with Crippen LogP contribution in [-0.2, 0) is 25.5 Å². The molecule has 4 rings (SSSR count). The lowest BCUT2D eigenvalue weighted by Gasteiger charge is -2.11. The number of pyridine rings is 2. The van der Waals surface area contributed by atoms with Crippen molar-refractivity contribution in [2.75, 3.05) is 66.1 Å². The third-order valence-corrected chi connectivity index (χ3v) is 5.90. The quantitative estimate of drug-likeness (QED) is 0.191. The Morgan fingerprint density at radius 2 is 1.35 bits per heavy atom. The Bertz CT molecular complexity index is 1330. The molecular weight excluding hydrogens is 531 g/mol. The molecule has 0 unspecified atom stereocenters. The second kappa shape index (κ2) is 14.9. The third kappa shape index (κ3) is 8.60. The van der Waals surface area contributed by atoms with E-state index in [1.54, 1.807) is 30.6 Å². The van der Waals surface area contributed by atoms with Crippen LogP contribution in [0.3, 0.4) is 0 Å². The molecule has 0 atom stereocenters. The van der Waals surface area contributed by atoms with E-state index in [2.05, 4.69) is 9.97 Å². The minimum absolute atomic E-state index is 0.000272. The Balaban J connectivity index is 1.22. The van der Waals surface area contributed by atoms with Gasteiger partial charge in [0.25, 0.3) is 0 Å². The van der Waals surface area contributed by atoms with Crippen molar-refractivity contribution in [3.63, 3.8) is 0 Å². The highest BCUT2D eigenvalue weighted by Crippen LogP contribution is 2.34. The Morgan fingerprint density at radius 3 is 1.98 bits per heavy atom. The first-order chi connectivity index (χ1) is 19.5. The molecule has 40 heavy (non-hydrogen) atoms. The van der Waals surface area contributed by atoms with Crippen molar-refractivity contribution in [2.45, 2.75) is 12.7 Å². The summed E-state index contributed by atoms with van der Waals surface area (Å²) in [6.07, 6.45) is 0.353. The topological polar surface area (TPSA) is 97.1 Å². The fourth-order valence-corrected chi connectivity index (χ4v) is 4.14. The molecule has 4 aromatic rings. The number of alkyl halides is 3. The monoisotopic (exact) mass is 563 g/mol. The van der Waals surface area contributed by atoms with Gasteiger partial charge >= 0.3 is 6.18 Å². The number of benzene rings is 1. The number of halogens is 3. The molecule has 3 aromatic heterocycles. The predicted octanol–water partition coefficient (Wildman–Crippen LogP) is 4.25. The third-order valence-electron chi connectivity index (χ3n) is 5.90. The largest absolute Gasteiger partial charge is 0.475 e. The van der Waals surface area contributed by atoms with Crippen LogP contribution in [-0.4, -0.2) is 91.9 Å². The van der Waals surface area contributed by atoms with Crippen molar-refractivity contribution in [3.05, 3.63) is 55.0 Å². The predicted molar refractivity (Wildman–Crippen MR) is 142 cm³/mol. The second-order valence-corrected chi connectivity index (χ2v) is 8.73. The van der Waals surface area contributed by atoms with Crippen LogP contribution in [0, 0.1) is 0 Å². The summed E-state index contributed by atoms with van der Waals surface area (Å²) in [5.41, 5.74) is 2.47. The number of hydrogen-bond acceptors (Lipinski definition) is 8. The van der Waals surface area contributed by atoms with Crippen LogP contribution in [0.1, 0.15) is 0 Å². The van der Waals surface area contributed by atoms with Gasteiger partial charge in [0, 0.05) is 41.0 Å². The molecule has 0 aliphatic rings. The summed E-state index contributed by atoms with van der Waals surface area (Å²) in [5.74, 6) is 0.419. The summed E-state index contributed by atoms with van der Waals surface area (Å²) in [6, 6.07) is 10.6. The first kappa shape index (κ1) is 29.7. The van der Waals surface area contributed by atoms with Gasteiger partial charge in [-0.25, -0.2) is 4.98 Å². The lowest BCUT2D eigenvalue weighted by Crippen LogP contribution is -2.17. The summed E-state index contributed by atoms with van der Waals surface area (Å²) >= 11 is 0. The van der Waals surface area contributed by atoms with Crippen LogP contribution >= 0.6 is 0 Å². The Hall–Kier alpha value is -3.29. The van der Waals surface area contributed by atoms with E-state index in [1.165, 1.54) is 10.8 Å². The van der Waals surface area contributed by atoms with Crippen molar-refractivity contribution in [2.24, 2.45) is 0 Å². The molecule has 0 spiro atoms. The molecule has 12 heteroatoms. The lowest BCUT2D eigenvalue weighted by molar-refractivity contribution is -0.139. The minimum Gasteiger partial charge on any atom is -0.475 e. The first-order valence-corrected chi connectivity index (χ1v) is 12.9. The van der Waals surface area contributed by atoms with Gasteiger partial charge in [0.2, 0.25) is 5.88 Å². The van der Waals surface area contributed by atoms with Crippen LogP contribution in [0.5, 0.6) is 5.88 Å². The second-order valence-electron chi connectivity index (χ2n) is 8.73. The van der Waals surface area contributed by atoms with Crippen LogP contribution in [0.2, 0.25) is 0 Å². The van der Waals surface area contributed by atoms with E-state index in [0.29, 0.717) is 87.1 Å². The molecule has 0 fully saturated rings. The van der Waals surface area contributed by atoms with E-state index in [0.717, 1.165) is 11.1 Å². The molecule has 3 heterocycles. The molecule has 0 saturated heterocycles. The maximum Gasteiger partial charge on any atom is 0.406 e. The van der Waals surface area contributed by atoms with Crippen molar-refractivity contribution in [1.29, 1.82) is 0 Å². The number of aliphatic hydroxyl groups excluding tert-OH is 1. The number of aliphatic hydroxyl groups is 1. The van der Waals surface area contributed by atoms with Gasteiger partial charge in [-0.15, -0.1) is 0 Å². The fourth-order valence-electron chi connectivity index (χ4n) is 4.14. The molecule has 0 radical (unpaired) electrons. The molecule has 0 amide bonds. The fraction of sp³-hybridized carbons (Fsp3) is 0.429. The van der Waals surface area contributed by atoms with Crippen LogP contribution in [0.25, 0.3) is 32.9 Å². The van der Waals surface area contributed by atoms with Crippen molar-refractivity contribution < 1.29 is 42.0 Å². The molecule has 1 aromatic carbocycles.